The van der Waals surface area contributed by atoms with Gasteiger partial charge in [0.15, 0.2) is 0 Å². The molecule has 0 aromatic heterocycles. The number of alkyl halides is 2. The van der Waals surface area contributed by atoms with Gasteiger partial charge in [-0.05, 0) is 24.4 Å². The van der Waals surface area contributed by atoms with Gasteiger partial charge in [0.05, 0.1) is 0 Å². The van der Waals surface area contributed by atoms with E-state index in [9.17, 15) is 4.79 Å². The van der Waals surface area contributed by atoms with Crippen molar-refractivity contribution in [2.24, 2.45) is 0 Å². The minimum Gasteiger partial charge on any atom is -0.281 e. The van der Waals surface area contributed by atoms with Crippen LogP contribution in [0.3, 0.4) is 0 Å². The highest BCUT2D eigenvalue weighted by molar-refractivity contribution is 6.63. The lowest BCUT2D eigenvalue weighted by atomic mass is 10.3. The Balaban J connectivity index is 0. The van der Waals surface area contributed by atoms with Crippen molar-refractivity contribution in [2.75, 3.05) is 11.8 Å². The zero-order valence-corrected chi connectivity index (χ0v) is 10.3. The number of hydrogen-bond donors (Lipinski definition) is 0. The van der Waals surface area contributed by atoms with Crippen molar-refractivity contribution in [1.29, 1.82) is 0 Å². The van der Waals surface area contributed by atoms with E-state index in [2.05, 4.69) is 6.92 Å². The maximum absolute atomic E-state index is 9.91. The monoisotopic (exact) mass is 246 g/mol. The molecule has 0 saturated heterocycles. The third-order valence-electron chi connectivity index (χ3n) is 1.24. The third-order valence-corrected chi connectivity index (χ3v) is 1.97. The molecule has 0 aliphatic heterocycles. The largest absolute Gasteiger partial charge is 0.281 e. The summed E-state index contributed by atoms with van der Waals surface area (Å²) in [7, 11) is 0. The van der Waals surface area contributed by atoms with Crippen molar-refractivity contribution >= 4 is 40.0 Å². The van der Waals surface area contributed by atoms with Gasteiger partial charge in [0.2, 0.25) is 5.24 Å². The highest BCUT2D eigenvalue weighted by Crippen LogP contribution is 1.95. The summed E-state index contributed by atoms with van der Waals surface area (Å²) < 4.78 is 0. The van der Waals surface area contributed by atoms with Gasteiger partial charge in [0.25, 0.3) is 0 Å². The molecule has 4 heteroatoms. The molecular weight excluding hydrogens is 230 g/mol. The number of rotatable bonds is 6. The Hall–Kier alpha value is 0.540. The van der Waals surface area contributed by atoms with Crippen LogP contribution in [0.25, 0.3) is 0 Å². The van der Waals surface area contributed by atoms with Gasteiger partial charge in [-0.25, -0.2) is 0 Å². The first kappa shape index (κ1) is 16.0. The smallest absolute Gasteiger partial charge is 0.221 e. The van der Waals surface area contributed by atoms with Crippen molar-refractivity contribution < 1.29 is 4.79 Å². The first-order valence-corrected chi connectivity index (χ1v) is 5.94. The van der Waals surface area contributed by atoms with E-state index in [-0.39, 0.29) is 5.24 Å². The van der Waals surface area contributed by atoms with E-state index >= 15 is 0 Å². The number of hydrogen-bond acceptors (Lipinski definition) is 1. The summed E-state index contributed by atoms with van der Waals surface area (Å²) in [6.45, 7) is 2.17. The summed E-state index contributed by atoms with van der Waals surface area (Å²) in [6, 6.07) is 0. The van der Waals surface area contributed by atoms with Crippen LogP contribution in [0.2, 0.25) is 0 Å². The second-order valence-corrected chi connectivity index (χ2v) is 3.72. The minimum absolute atomic E-state index is 0.305. The zero-order chi connectivity index (χ0) is 10.5. The predicted molar refractivity (Wildman–Crippen MR) is 61.1 cm³/mol. The van der Waals surface area contributed by atoms with Crippen LogP contribution in [0.4, 0.5) is 0 Å². The molecule has 0 atom stereocenters. The molecule has 0 aliphatic carbocycles. The maximum Gasteiger partial charge on any atom is 0.221 e. The average molecular weight is 248 g/mol. The lowest BCUT2D eigenvalue weighted by Crippen LogP contribution is -1.84. The molecule has 0 amide bonds. The Bertz CT molecular complexity index is 103. The molecule has 0 aromatic rings. The van der Waals surface area contributed by atoms with Crippen LogP contribution in [0.1, 0.15) is 39.0 Å². The SMILES string of the molecule is CCCCCCl.O=C(Cl)CCCCl. The number of unbranched alkanes of at least 4 members (excludes halogenated alkanes) is 2. The van der Waals surface area contributed by atoms with E-state index in [4.69, 9.17) is 34.8 Å². The van der Waals surface area contributed by atoms with Crippen molar-refractivity contribution in [1.82, 2.24) is 0 Å². The summed E-state index contributed by atoms with van der Waals surface area (Å²) in [5, 5.41) is -0.305. The molecule has 0 aromatic carbocycles. The van der Waals surface area contributed by atoms with E-state index in [0.717, 1.165) is 5.88 Å². The summed E-state index contributed by atoms with van der Waals surface area (Å²) in [6.07, 6.45) is 4.81. The van der Waals surface area contributed by atoms with Crippen molar-refractivity contribution in [3.05, 3.63) is 0 Å². The number of carbonyl (C=O) groups is 1. The summed E-state index contributed by atoms with van der Waals surface area (Å²) in [4.78, 5) is 9.91. The van der Waals surface area contributed by atoms with Gasteiger partial charge in [-0.1, -0.05) is 19.8 Å². The van der Waals surface area contributed by atoms with E-state index in [1.165, 1.54) is 19.3 Å². The Morgan fingerprint density at radius 2 is 1.62 bits per heavy atom. The van der Waals surface area contributed by atoms with Crippen molar-refractivity contribution in [2.45, 2.75) is 39.0 Å². The standard InChI is InChI=1S/C5H11Cl.C4H6Cl2O/c1-2-3-4-5-6;5-3-1-2-4(6)7/h2-5H2,1H3;1-3H2. The molecule has 0 heterocycles. The molecule has 80 valence electrons. The van der Waals surface area contributed by atoms with E-state index < -0.39 is 0 Å². The minimum atomic E-state index is -0.305. The summed E-state index contributed by atoms with van der Waals surface area (Å²) in [5.41, 5.74) is 0. The molecule has 0 rings (SSSR count). The van der Waals surface area contributed by atoms with E-state index in [1.54, 1.807) is 0 Å². The molecule has 0 aliphatic rings. The Morgan fingerprint density at radius 1 is 1.08 bits per heavy atom. The quantitative estimate of drug-likeness (QED) is 0.391. The van der Waals surface area contributed by atoms with E-state index in [1.807, 2.05) is 0 Å². The van der Waals surface area contributed by atoms with Gasteiger partial charge in [0, 0.05) is 18.2 Å². The normalized spacial score (nSPS) is 8.92. The van der Waals surface area contributed by atoms with Gasteiger partial charge >= 0.3 is 0 Å². The van der Waals surface area contributed by atoms with Crippen LogP contribution in [0.15, 0.2) is 0 Å². The predicted octanol–water partition coefficient (Wildman–Crippen LogP) is 4.19. The van der Waals surface area contributed by atoms with Crippen LogP contribution < -0.4 is 0 Å². The third kappa shape index (κ3) is 24.5. The Morgan fingerprint density at radius 3 is 1.77 bits per heavy atom. The molecule has 0 unspecified atom stereocenters. The fraction of sp³-hybridized carbons (Fsp3) is 0.889. The lowest BCUT2D eigenvalue weighted by Gasteiger charge is -1.84. The number of halogens is 3. The molecule has 0 radical (unpaired) electrons. The van der Waals surface area contributed by atoms with Gasteiger partial charge in [-0.3, -0.25) is 4.79 Å². The van der Waals surface area contributed by atoms with E-state index in [0.29, 0.717) is 18.7 Å². The molecule has 0 N–H and O–H groups in total. The average Bonchev–Trinajstić information content (AvgIpc) is 2.12. The molecule has 0 bridgehead atoms. The van der Waals surface area contributed by atoms with Crippen molar-refractivity contribution in [3.63, 3.8) is 0 Å². The van der Waals surface area contributed by atoms with Crippen LogP contribution in [-0.4, -0.2) is 17.0 Å². The lowest BCUT2D eigenvalue weighted by molar-refractivity contribution is -0.111. The van der Waals surface area contributed by atoms with Gasteiger partial charge in [-0.2, -0.15) is 0 Å². The van der Waals surface area contributed by atoms with Crippen LogP contribution in [-0.2, 0) is 4.79 Å². The van der Waals surface area contributed by atoms with Crippen molar-refractivity contribution in [3.8, 4) is 0 Å². The number of carbonyl (C=O) groups excluding carboxylic acids is 1. The second kappa shape index (κ2) is 15.0. The topological polar surface area (TPSA) is 17.1 Å². The molecule has 13 heavy (non-hydrogen) atoms. The van der Waals surface area contributed by atoms with Crippen LogP contribution in [0, 0.1) is 0 Å². The van der Waals surface area contributed by atoms with Gasteiger partial charge in [-0.15, -0.1) is 23.2 Å². The molecule has 1 nitrogen and oxygen atoms in total. The highest BCUT2D eigenvalue weighted by atomic mass is 35.5. The molecule has 0 spiro atoms. The fourth-order valence-electron chi connectivity index (χ4n) is 0.550. The zero-order valence-electron chi connectivity index (χ0n) is 7.99. The summed E-state index contributed by atoms with van der Waals surface area (Å²) >= 11 is 15.6. The van der Waals surface area contributed by atoms with Crippen LogP contribution >= 0.6 is 34.8 Å². The molecule has 0 saturated carbocycles. The first-order chi connectivity index (χ1) is 6.18. The van der Waals surface area contributed by atoms with Gasteiger partial charge < -0.3 is 0 Å². The highest BCUT2D eigenvalue weighted by Gasteiger charge is 1.91. The second-order valence-electron chi connectivity index (χ2n) is 2.54. The first-order valence-electron chi connectivity index (χ1n) is 4.49. The maximum atomic E-state index is 9.91. The Labute approximate surface area is 95.7 Å². The van der Waals surface area contributed by atoms with Gasteiger partial charge in [0.1, 0.15) is 0 Å². The molecular formula is C9H17Cl3O. The molecule has 0 fully saturated rings. The Kier molecular flexibility index (Phi) is 18.5. The fourth-order valence-corrected chi connectivity index (χ4v) is 1.01. The van der Waals surface area contributed by atoms with Crippen LogP contribution in [0.5, 0.6) is 0 Å². The summed E-state index contributed by atoms with van der Waals surface area (Å²) in [5.74, 6) is 1.34.